The molecule has 1 radical (unpaired) electrons. The first kappa shape index (κ1) is 20.5. The van der Waals surface area contributed by atoms with Crippen LogP contribution in [0.4, 0.5) is 5.69 Å². The van der Waals surface area contributed by atoms with Crippen molar-refractivity contribution in [3.8, 4) is 0 Å². The zero-order valence-electron chi connectivity index (χ0n) is 10.5. The average Bonchev–Trinajstić information content (AvgIpc) is 2.35. The van der Waals surface area contributed by atoms with E-state index < -0.39 is 0 Å². The van der Waals surface area contributed by atoms with Gasteiger partial charge in [0.15, 0.2) is 0 Å². The van der Waals surface area contributed by atoms with Gasteiger partial charge in [0, 0.05) is 65.5 Å². The second-order valence-corrected chi connectivity index (χ2v) is 3.25. The Balaban J connectivity index is 0. The van der Waals surface area contributed by atoms with E-state index >= 15 is 0 Å². The zero-order valence-corrected chi connectivity index (χ0v) is 13.6. The minimum absolute atomic E-state index is 0. The third-order valence-electron chi connectivity index (χ3n) is 2.30. The standard InChI is InChI=1S/C13H15N3.V.Yb/c1-5-10(2)11-8-6-7-9-12(11)16-13(14-3)15-4;;/h3,5-9H,1-2,4H3;;/q-2;;/b10-5-;;. The van der Waals surface area contributed by atoms with Crippen molar-refractivity contribution in [1.82, 2.24) is 0 Å². The first-order chi connectivity index (χ1) is 7.72. The van der Waals surface area contributed by atoms with Crippen molar-refractivity contribution < 1.29 is 65.5 Å². The minimum Gasteiger partial charge on any atom is -0.575 e. The third kappa shape index (κ3) is 5.90. The van der Waals surface area contributed by atoms with E-state index in [4.69, 9.17) is 6.72 Å². The average molecular weight is 437 g/mol. The maximum atomic E-state index is 5.18. The summed E-state index contributed by atoms with van der Waals surface area (Å²) in [4.78, 5) is 7.77. The summed E-state index contributed by atoms with van der Waals surface area (Å²) in [5.41, 5.74) is 3.05. The monoisotopic (exact) mass is 438 g/mol. The maximum Gasteiger partial charge on any atom is 0 e. The summed E-state index contributed by atoms with van der Waals surface area (Å²) in [6.45, 7) is 9.21. The molecular formula is C13H15N3VYb-2. The van der Waals surface area contributed by atoms with E-state index in [1.165, 1.54) is 0 Å². The summed E-state index contributed by atoms with van der Waals surface area (Å²) in [6.07, 6.45) is 2.04. The Kier molecular flexibility index (Phi) is 12.6. The Labute approximate surface area is 159 Å². The summed E-state index contributed by atoms with van der Waals surface area (Å²) in [5.74, 6) is 0.288. The number of guanidine groups is 1. The normalized spacial score (nSPS) is 11.1. The van der Waals surface area contributed by atoms with Gasteiger partial charge in [0.25, 0.3) is 0 Å². The molecule has 1 aromatic rings. The molecule has 3 nitrogen and oxygen atoms in total. The number of aliphatic imine (C=N–C) groups is 2. The van der Waals surface area contributed by atoms with Gasteiger partial charge in [-0.05, 0) is 30.7 Å². The number of nitrogens with zero attached hydrogens (tertiary/aromatic N) is 3. The second-order valence-electron chi connectivity index (χ2n) is 3.25. The van der Waals surface area contributed by atoms with Crippen LogP contribution in [0.3, 0.4) is 0 Å². The molecule has 0 fully saturated rings. The molecule has 0 N–H and O–H groups in total. The number of allylic oxidation sites excluding steroid dienone is 2. The SMILES string of the molecule is [CH-]=NC(=Nc1ccccc1/C(C)=C\C)[N-]C.[V].[Yb]. The van der Waals surface area contributed by atoms with Crippen LogP contribution >= 0.6 is 0 Å². The molecule has 0 aliphatic carbocycles. The van der Waals surface area contributed by atoms with Gasteiger partial charge in [-0.15, -0.1) is 5.96 Å². The van der Waals surface area contributed by atoms with E-state index in [9.17, 15) is 0 Å². The van der Waals surface area contributed by atoms with Gasteiger partial charge in [0.05, 0.1) is 0 Å². The summed E-state index contributed by atoms with van der Waals surface area (Å²) < 4.78 is 0. The predicted molar refractivity (Wildman–Crippen MR) is 70.6 cm³/mol. The maximum absolute atomic E-state index is 5.18. The second kappa shape index (κ2) is 11.1. The molecule has 0 bridgehead atoms. The quantitative estimate of drug-likeness (QED) is 0.385. The van der Waals surface area contributed by atoms with E-state index in [1.54, 1.807) is 7.05 Å². The van der Waals surface area contributed by atoms with Crippen molar-refractivity contribution in [2.45, 2.75) is 13.8 Å². The molecule has 103 valence electrons. The van der Waals surface area contributed by atoms with Crippen LogP contribution in [0.15, 0.2) is 40.3 Å². The molecule has 0 spiro atoms. The van der Waals surface area contributed by atoms with Crippen LogP contribution < -0.4 is 0 Å². The first-order valence-corrected chi connectivity index (χ1v) is 5.04. The van der Waals surface area contributed by atoms with E-state index in [0.29, 0.717) is 0 Å². The summed E-state index contributed by atoms with van der Waals surface area (Å²) in [7, 11) is 1.61. The summed E-state index contributed by atoms with van der Waals surface area (Å²) in [5, 5.41) is 3.87. The van der Waals surface area contributed by atoms with E-state index in [2.05, 4.69) is 15.3 Å². The molecule has 1 aromatic carbocycles. The van der Waals surface area contributed by atoms with Crippen LogP contribution in [0, 0.1) is 46.9 Å². The van der Waals surface area contributed by atoms with E-state index in [0.717, 1.165) is 16.8 Å². The smallest absolute Gasteiger partial charge is 0 e. The van der Waals surface area contributed by atoms with Crippen molar-refractivity contribution in [2.75, 3.05) is 7.05 Å². The van der Waals surface area contributed by atoms with Crippen LogP contribution in [0.2, 0.25) is 0 Å². The van der Waals surface area contributed by atoms with Crippen LogP contribution in [-0.2, 0) is 18.6 Å². The number of hydrogen-bond acceptors (Lipinski definition) is 1. The predicted octanol–water partition coefficient (Wildman–Crippen LogP) is 3.68. The van der Waals surface area contributed by atoms with Crippen molar-refractivity contribution in [1.29, 1.82) is 0 Å². The van der Waals surface area contributed by atoms with Crippen LogP contribution in [0.25, 0.3) is 10.9 Å². The Bertz CT molecular complexity index is 442. The van der Waals surface area contributed by atoms with Crippen molar-refractivity contribution in [2.24, 2.45) is 9.98 Å². The molecule has 0 unspecified atom stereocenters. The fourth-order valence-corrected chi connectivity index (χ4v) is 1.30. The van der Waals surface area contributed by atoms with E-state index in [-0.39, 0.29) is 71.4 Å². The topological polar surface area (TPSA) is 38.8 Å². The number of rotatable bonds is 2. The Hall–Kier alpha value is 0.204. The van der Waals surface area contributed by atoms with Crippen LogP contribution in [0.1, 0.15) is 19.4 Å². The minimum atomic E-state index is 0. The molecule has 5 heteroatoms. The summed E-state index contributed by atoms with van der Waals surface area (Å²) in [6, 6.07) is 7.83. The molecular weight excluding hydrogens is 422 g/mol. The van der Waals surface area contributed by atoms with Crippen LogP contribution in [-0.4, -0.2) is 19.7 Å². The van der Waals surface area contributed by atoms with Gasteiger partial charge in [-0.2, -0.15) is 0 Å². The van der Waals surface area contributed by atoms with Gasteiger partial charge in [-0.25, -0.2) is 0 Å². The first-order valence-electron chi connectivity index (χ1n) is 5.04. The number of para-hydroxylation sites is 1. The molecule has 0 amide bonds. The Morgan fingerprint density at radius 1 is 1.33 bits per heavy atom. The van der Waals surface area contributed by atoms with Gasteiger partial charge in [-0.3, -0.25) is 6.72 Å². The molecule has 1 rings (SSSR count). The number of hydrogen-bond donors (Lipinski definition) is 0. The molecule has 0 aliphatic heterocycles. The fourth-order valence-electron chi connectivity index (χ4n) is 1.30. The van der Waals surface area contributed by atoms with Crippen molar-refractivity contribution >= 4 is 23.9 Å². The Morgan fingerprint density at radius 3 is 2.44 bits per heavy atom. The van der Waals surface area contributed by atoms with Gasteiger partial charge >= 0.3 is 0 Å². The fraction of sp³-hybridized carbons (Fsp3) is 0.231. The largest absolute Gasteiger partial charge is 0.575 e. The van der Waals surface area contributed by atoms with Gasteiger partial charge in [-0.1, -0.05) is 37.4 Å². The summed E-state index contributed by atoms with van der Waals surface area (Å²) >= 11 is 0. The third-order valence-corrected chi connectivity index (χ3v) is 2.30. The van der Waals surface area contributed by atoms with Crippen molar-refractivity contribution in [3.05, 3.63) is 41.2 Å². The Morgan fingerprint density at radius 2 is 1.94 bits per heavy atom. The zero-order chi connectivity index (χ0) is 12.0. The van der Waals surface area contributed by atoms with Gasteiger partial charge < -0.3 is 15.3 Å². The molecule has 0 saturated carbocycles. The van der Waals surface area contributed by atoms with Gasteiger partial charge in [0.1, 0.15) is 0 Å². The molecule has 0 saturated heterocycles. The molecule has 0 aromatic heterocycles. The van der Waals surface area contributed by atoms with Crippen LogP contribution in [0.5, 0.6) is 0 Å². The molecule has 0 aliphatic rings. The van der Waals surface area contributed by atoms with Crippen molar-refractivity contribution in [3.63, 3.8) is 0 Å². The molecule has 18 heavy (non-hydrogen) atoms. The van der Waals surface area contributed by atoms with E-state index in [1.807, 2.05) is 44.2 Å². The van der Waals surface area contributed by atoms with Gasteiger partial charge in [0.2, 0.25) is 0 Å². The molecule has 0 atom stereocenters. The molecule has 0 heterocycles. The number of benzene rings is 1.